The number of anilines is 3. The van der Waals surface area contributed by atoms with Crippen LogP contribution in [0.2, 0.25) is 0 Å². The van der Waals surface area contributed by atoms with Gasteiger partial charge in [0.2, 0.25) is 5.91 Å². The minimum Gasteiger partial charge on any atom is -0.396 e. The molecule has 0 bridgehead atoms. The molecule has 0 saturated carbocycles. The lowest BCUT2D eigenvalue weighted by Crippen LogP contribution is -2.38. The Balaban J connectivity index is 1.42. The molecule has 0 radical (unpaired) electrons. The number of hydrogen-bond acceptors (Lipinski definition) is 6. The van der Waals surface area contributed by atoms with Crippen LogP contribution >= 0.6 is 0 Å². The fourth-order valence-electron chi connectivity index (χ4n) is 4.43. The Morgan fingerprint density at radius 3 is 2.77 bits per heavy atom. The van der Waals surface area contributed by atoms with E-state index in [1.807, 2.05) is 24.8 Å². The average Bonchev–Trinajstić information content (AvgIpc) is 3.11. The summed E-state index contributed by atoms with van der Waals surface area (Å²) < 4.78 is 18.1. The van der Waals surface area contributed by atoms with Gasteiger partial charge in [-0.1, -0.05) is 6.07 Å². The van der Waals surface area contributed by atoms with Gasteiger partial charge in [0.05, 0.1) is 12.2 Å². The molecule has 0 spiro atoms. The molecule has 10 heteroatoms. The third-order valence-electron chi connectivity index (χ3n) is 6.27. The van der Waals surface area contributed by atoms with E-state index in [2.05, 4.69) is 15.4 Å². The van der Waals surface area contributed by atoms with Crippen LogP contribution in [0.25, 0.3) is 10.8 Å². The van der Waals surface area contributed by atoms with Gasteiger partial charge in [-0.05, 0) is 37.4 Å². The third kappa shape index (κ3) is 4.34. The number of halogens is 1. The largest absolute Gasteiger partial charge is 0.396 e. The van der Waals surface area contributed by atoms with Gasteiger partial charge in [-0.15, -0.1) is 0 Å². The zero-order chi connectivity index (χ0) is 24.7. The van der Waals surface area contributed by atoms with Gasteiger partial charge in [0.15, 0.2) is 11.6 Å². The van der Waals surface area contributed by atoms with Crippen LogP contribution in [0.15, 0.2) is 53.6 Å². The van der Waals surface area contributed by atoms with E-state index < -0.39 is 5.82 Å². The normalized spacial score (nSPS) is 13.8. The molecule has 0 saturated heterocycles. The number of carbonyl (C=O) groups is 1. The number of nitrogens with zero attached hydrogens (tertiary/aromatic N) is 5. The zero-order valence-electron chi connectivity index (χ0n) is 19.5. The van der Waals surface area contributed by atoms with Crippen molar-refractivity contribution in [1.82, 2.24) is 24.2 Å². The number of hydrogen-bond donors (Lipinski definition) is 2. The first-order valence-electron chi connectivity index (χ1n) is 11.5. The van der Waals surface area contributed by atoms with Crippen molar-refractivity contribution in [3.63, 3.8) is 0 Å². The number of carbonyl (C=O) groups excluding carboxylic acids is 1. The fraction of sp³-hybridized carbons (Fsp3) is 0.280. The maximum Gasteiger partial charge on any atom is 0.250 e. The Kier molecular flexibility index (Phi) is 5.72. The van der Waals surface area contributed by atoms with Crippen molar-refractivity contribution in [3.05, 3.63) is 76.2 Å². The molecule has 0 aliphatic carbocycles. The van der Waals surface area contributed by atoms with E-state index in [1.165, 1.54) is 16.8 Å². The van der Waals surface area contributed by atoms with E-state index in [0.717, 1.165) is 5.69 Å². The summed E-state index contributed by atoms with van der Waals surface area (Å²) in [5.41, 5.74) is 7.10. The van der Waals surface area contributed by atoms with Gasteiger partial charge in [-0.2, -0.15) is 5.10 Å². The molecule has 3 aromatic heterocycles. The van der Waals surface area contributed by atoms with Gasteiger partial charge in [0.1, 0.15) is 12.4 Å². The highest BCUT2D eigenvalue weighted by atomic mass is 19.1. The van der Waals surface area contributed by atoms with Gasteiger partial charge in [-0.25, -0.2) is 9.37 Å². The summed E-state index contributed by atoms with van der Waals surface area (Å²) in [4.78, 5) is 30.8. The predicted octanol–water partition coefficient (Wildman–Crippen LogP) is 2.90. The molecule has 4 aromatic rings. The molecule has 1 aromatic carbocycles. The van der Waals surface area contributed by atoms with Crippen LogP contribution in [0.1, 0.15) is 25.1 Å². The fourth-order valence-corrected chi connectivity index (χ4v) is 4.43. The van der Waals surface area contributed by atoms with Crippen molar-refractivity contribution >= 4 is 34.0 Å². The van der Waals surface area contributed by atoms with Gasteiger partial charge < -0.3 is 20.5 Å². The van der Waals surface area contributed by atoms with E-state index in [-0.39, 0.29) is 36.3 Å². The van der Waals surface area contributed by atoms with Gasteiger partial charge in [-0.3, -0.25) is 14.3 Å². The van der Waals surface area contributed by atoms with Gasteiger partial charge in [0.25, 0.3) is 5.56 Å². The summed E-state index contributed by atoms with van der Waals surface area (Å²) in [6, 6.07) is 10.3. The Labute approximate surface area is 201 Å². The van der Waals surface area contributed by atoms with E-state index >= 15 is 0 Å². The lowest BCUT2D eigenvalue weighted by atomic mass is 10.1. The number of aromatic nitrogens is 4. The molecule has 1 aliphatic heterocycles. The van der Waals surface area contributed by atoms with Crippen LogP contribution in [-0.4, -0.2) is 42.7 Å². The number of nitrogens with two attached hydrogens (primary N) is 1. The summed E-state index contributed by atoms with van der Waals surface area (Å²) in [6.45, 7) is 4.91. The highest BCUT2D eigenvalue weighted by molar-refractivity contribution is 5.94. The van der Waals surface area contributed by atoms with Crippen molar-refractivity contribution in [2.24, 2.45) is 0 Å². The molecule has 1 amide bonds. The zero-order valence-corrected chi connectivity index (χ0v) is 19.5. The minimum atomic E-state index is -0.561. The molecular weight excluding hydrogens is 449 g/mol. The number of benzene rings is 1. The predicted molar refractivity (Wildman–Crippen MR) is 132 cm³/mol. The number of nitrogens with one attached hydrogen (secondary N) is 1. The van der Waals surface area contributed by atoms with Crippen molar-refractivity contribution in [2.75, 3.05) is 17.6 Å². The monoisotopic (exact) mass is 475 g/mol. The van der Waals surface area contributed by atoms with Gasteiger partial charge >= 0.3 is 0 Å². The van der Waals surface area contributed by atoms with E-state index in [0.29, 0.717) is 40.9 Å². The first-order valence-corrected chi connectivity index (χ1v) is 11.5. The summed E-state index contributed by atoms with van der Waals surface area (Å²) in [7, 11) is 0. The third-order valence-corrected chi connectivity index (χ3v) is 6.27. The highest BCUT2D eigenvalue weighted by Gasteiger charge is 2.24. The van der Waals surface area contributed by atoms with Crippen LogP contribution in [0, 0.1) is 5.82 Å². The molecule has 180 valence electrons. The number of nitrogen functional groups attached to an aromatic ring is 1. The number of amides is 1. The van der Waals surface area contributed by atoms with Crippen LogP contribution < -0.4 is 16.6 Å². The second-order valence-electron chi connectivity index (χ2n) is 8.96. The number of fused-ring (bicyclic) bond motifs is 2. The summed E-state index contributed by atoms with van der Waals surface area (Å²) in [5.74, 6) is 0.562. The van der Waals surface area contributed by atoms with Crippen LogP contribution in [-0.2, 0) is 24.3 Å². The van der Waals surface area contributed by atoms with E-state index in [4.69, 9.17) is 5.73 Å². The molecule has 0 fully saturated rings. The molecule has 35 heavy (non-hydrogen) atoms. The number of rotatable bonds is 5. The molecule has 0 atom stereocenters. The first-order chi connectivity index (χ1) is 16.8. The highest BCUT2D eigenvalue weighted by Crippen LogP contribution is 2.29. The maximum atomic E-state index is 14.9. The molecule has 5 rings (SSSR count). The average molecular weight is 476 g/mol. The van der Waals surface area contributed by atoms with Crippen molar-refractivity contribution in [2.45, 2.75) is 39.4 Å². The summed E-state index contributed by atoms with van der Waals surface area (Å²) >= 11 is 0. The Morgan fingerprint density at radius 2 is 2.00 bits per heavy atom. The quantitative estimate of drug-likeness (QED) is 0.430. The molecule has 0 unspecified atom stereocenters. The summed E-state index contributed by atoms with van der Waals surface area (Å²) in [5, 5.41) is 8.89. The number of pyridine rings is 2. The first kappa shape index (κ1) is 22.6. The lowest BCUT2D eigenvalue weighted by Gasteiger charge is -2.24. The van der Waals surface area contributed by atoms with E-state index in [1.54, 1.807) is 35.1 Å². The Hall–Kier alpha value is -4.21. The van der Waals surface area contributed by atoms with Crippen molar-refractivity contribution in [1.29, 1.82) is 0 Å². The Morgan fingerprint density at radius 1 is 1.17 bits per heavy atom. The standard InChI is InChI=1S/C25H26FN7O2/c1-15(2)32-8-6-18-11-21(30-33(18)14-23(32)35)29-20-10-16-9-17(13-31-7-4-3-5-22(31)34)24(26)25(27)19(16)12-28-20/h3-5,7,9-12,15H,6,8,13-14,27H2,1-2H3,(H,28,29,30). The molecule has 1 aliphatic rings. The molecule has 9 nitrogen and oxygen atoms in total. The minimum absolute atomic E-state index is 0.0116. The van der Waals surface area contributed by atoms with Gasteiger partial charge in [0, 0.05) is 60.2 Å². The lowest BCUT2D eigenvalue weighted by molar-refractivity contribution is -0.133. The molecular formula is C25H26FN7O2. The van der Waals surface area contributed by atoms with Crippen molar-refractivity contribution in [3.8, 4) is 0 Å². The Bertz CT molecular complexity index is 1490. The second kappa shape index (κ2) is 8.86. The summed E-state index contributed by atoms with van der Waals surface area (Å²) in [6.07, 6.45) is 3.83. The molecule has 4 heterocycles. The van der Waals surface area contributed by atoms with Crippen LogP contribution in [0.5, 0.6) is 0 Å². The van der Waals surface area contributed by atoms with Crippen LogP contribution in [0.3, 0.4) is 0 Å². The van der Waals surface area contributed by atoms with E-state index in [9.17, 15) is 14.0 Å². The second-order valence-corrected chi connectivity index (χ2v) is 8.96. The smallest absolute Gasteiger partial charge is 0.250 e. The topological polar surface area (TPSA) is 111 Å². The van der Waals surface area contributed by atoms with Crippen LogP contribution in [0.4, 0.5) is 21.7 Å². The molecule has 3 N–H and O–H groups in total. The maximum absolute atomic E-state index is 14.9. The SMILES string of the molecule is CC(C)N1CCc2cc(Nc3cc4cc(Cn5ccccc5=O)c(F)c(N)c4cn3)nn2CC1=O. The van der Waals surface area contributed by atoms with Crippen molar-refractivity contribution < 1.29 is 9.18 Å².